The Morgan fingerprint density at radius 3 is 2.30 bits per heavy atom. The molecule has 0 atom stereocenters. The summed E-state index contributed by atoms with van der Waals surface area (Å²) >= 11 is 17.9. The summed E-state index contributed by atoms with van der Waals surface area (Å²) in [5, 5.41) is 3.84. The first kappa shape index (κ1) is 18.4. The Balaban J connectivity index is 2.48. The van der Waals surface area contributed by atoms with Crippen molar-refractivity contribution in [3.05, 3.63) is 51.0 Å². The van der Waals surface area contributed by atoms with Crippen LogP contribution in [-0.4, -0.2) is 21.7 Å². The molecule has 0 saturated carbocycles. The molecule has 0 unspecified atom stereocenters. The standard InChI is InChI=1S/C15H14Cl3NO3S/c1-19-8-9-5-15(23(2,20)21)13(18)7-14(9)22-10-3-4-11(16)12(17)6-10/h3-7,19H,8H2,1-2H3. The fourth-order valence-corrected chi connectivity index (χ4v) is 3.58. The highest BCUT2D eigenvalue weighted by Gasteiger charge is 2.17. The number of ether oxygens (including phenoxy) is 1. The van der Waals surface area contributed by atoms with Gasteiger partial charge in [0.25, 0.3) is 0 Å². The quantitative estimate of drug-likeness (QED) is 0.807. The minimum Gasteiger partial charge on any atom is -0.457 e. The number of halogens is 3. The number of benzene rings is 2. The smallest absolute Gasteiger partial charge is 0.177 e. The third-order valence-corrected chi connectivity index (χ3v) is 5.30. The van der Waals surface area contributed by atoms with Gasteiger partial charge < -0.3 is 10.1 Å². The molecular weight excluding hydrogens is 381 g/mol. The minimum absolute atomic E-state index is 0.0610. The molecule has 0 aromatic heterocycles. The van der Waals surface area contributed by atoms with Gasteiger partial charge in [0, 0.05) is 30.5 Å². The molecule has 0 saturated heterocycles. The monoisotopic (exact) mass is 393 g/mol. The Bertz CT molecular complexity index is 838. The van der Waals surface area contributed by atoms with Crippen LogP contribution in [0.4, 0.5) is 0 Å². The molecule has 2 aromatic carbocycles. The maximum Gasteiger partial charge on any atom is 0.177 e. The van der Waals surface area contributed by atoms with Crippen molar-refractivity contribution in [3.63, 3.8) is 0 Å². The Hall–Kier alpha value is -0.980. The lowest BCUT2D eigenvalue weighted by Gasteiger charge is -2.14. The Kier molecular flexibility index (Phi) is 5.81. The second-order valence-electron chi connectivity index (χ2n) is 4.87. The van der Waals surface area contributed by atoms with E-state index >= 15 is 0 Å². The van der Waals surface area contributed by atoms with Gasteiger partial charge in [-0.05, 0) is 25.2 Å². The second-order valence-corrected chi connectivity index (χ2v) is 8.08. The summed E-state index contributed by atoms with van der Waals surface area (Å²) < 4.78 is 29.4. The van der Waals surface area contributed by atoms with E-state index in [-0.39, 0.29) is 9.92 Å². The molecule has 1 N–H and O–H groups in total. The van der Waals surface area contributed by atoms with Crippen LogP contribution in [-0.2, 0) is 16.4 Å². The highest BCUT2D eigenvalue weighted by Crippen LogP contribution is 2.35. The van der Waals surface area contributed by atoms with Crippen molar-refractivity contribution in [2.45, 2.75) is 11.4 Å². The lowest BCUT2D eigenvalue weighted by molar-refractivity contribution is 0.473. The topological polar surface area (TPSA) is 55.4 Å². The minimum atomic E-state index is -3.43. The van der Waals surface area contributed by atoms with Crippen molar-refractivity contribution in [2.24, 2.45) is 0 Å². The highest BCUT2D eigenvalue weighted by molar-refractivity contribution is 7.90. The van der Waals surface area contributed by atoms with Crippen LogP contribution >= 0.6 is 34.8 Å². The predicted molar refractivity (Wildman–Crippen MR) is 93.9 cm³/mol. The van der Waals surface area contributed by atoms with Crippen molar-refractivity contribution in [1.29, 1.82) is 0 Å². The largest absolute Gasteiger partial charge is 0.457 e. The zero-order chi connectivity index (χ0) is 17.2. The van der Waals surface area contributed by atoms with Crippen molar-refractivity contribution < 1.29 is 13.2 Å². The van der Waals surface area contributed by atoms with E-state index in [0.29, 0.717) is 33.7 Å². The molecule has 0 radical (unpaired) electrons. The number of hydrogen-bond donors (Lipinski definition) is 1. The molecule has 4 nitrogen and oxygen atoms in total. The maximum atomic E-state index is 11.8. The van der Waals surface area contributed by atoms with Gasteiger partial charge in [-0.1, -0.05) is 34.8 Å². The van der Waals surface area contributed by atoms with E-state index in [1.807, 2.05) is 0 Å². The summed E-state index contributed by atoms with van der Waals surface area (Å²) in [6.07, 6.45) is 1.11. The van der Waals surface area contributed by atoms with Gasteiger partial charge in [0.15, 0.2) is 9.84 Å². The lowest BCUT2D eigenvalue weighted by Crippen LogP contribution is -2.08. The highest BCUT2D eigenvalue weighted by atomic mass is 35.5. The Morgan fingerprint density at radius 1 is 1.04 bits per heavy atom. The van der Waals surface area contributed by atoms with Gasteiger partial charge in [-0.25, -0.2) is 8.42 Å². The fraction of sp³-hybridized carbons (Fsp3) is 0.200. The number of nitrogens with one attached hydrogen (secondary N) is 1. The molecule has 0 aliphatic rings. The summed E-state index contributed by atoms with van der Waals surface area (Å²) in [5.74, 6) is 0.912. The Labute approximate surface area is 150 Å². The van der Waals surface area contributed by atoms with Crippen LogP contribution < -0.4 is 10.1 Å². The SMILES string of the molecule is CNCc1cc(S(C)(=O)=O)c(Cl)cc1Oc1ccc(Cl)c(Cl)c1. The lowest BCUT2D eigenvalue weighted by atomic mass is 10.2. The third kappa shape index (κ3) is 4.52. The van der Waals surface area contributed by atoms with Crippen LogP contribution in [0.3, 0.4) is 0 Å². The number of sulfone groups is 1. The average Bonchev–Trinajstić information content (AvgIpc) is 2.44. The van der Waals surface area contributed by atoms with Crippen molar-refractivity contribution in [2.75, 3.05) is 13.3 Å². The molecule has 23 heavy (non-hydrogen) atoms. The molecule has 0 fully saturated rings. The molecule has 2 rings (SSSR count). The number of hydrogen-bond acceptors (Lipinski definition) is 4. The van der Waals surface area contributed by atoms with E-state index in [4.69, 9.17) is 39.5 Å². The van der Waals surface area contributed by atoms with E-state index < -0.39 is 9.84 Å². The first-order valence-corrected chi connectivity index (χ1v) is 9.55. The van der Waals surface area contributed by atoms with Crippen LogP contribution in [0.2, 0.25) is 15.1 Å². The molecule has 0 bridgehead atoms. The zero-order valence-electron chi connectivity index (χ0n) is 12.4. The zero-order valence-corrected chi connectivity index (χ0v) is 15.4. The van der Waals surface area contributed by atoms with E-state index in [1.165, 1.54) is 12.1 Å². The summed E-state index contributed by atoms with van der Waals surface area (Å²) in [7, 11) is -1.68. The van der Waals surface area contributed by atoms with E-state index in [9.17, 15) is 8.42 Å². The molecule has 0 heterocycles. The van der Waals surface area contributed by atoms with Crippen LogP contribution in [0, 0.1) is 0 Å². The average molecular weight is 395 g/mol. The van der Waals surface area contributed by atoms with E-state index in [1.54, 1.807) is 25.2 Å². The van der Waals surface area contributed by atoms with E-state index in [2.05, 4.69) is 5.32 Å². The van der Waals surface area contributed by atoms with Crippen LogP contribution in [0.1, 0.15) is 5.56 Å². The summed E-state index contributed by atoms with van der Waals surface area (Å²) in [4.78, 5) is 0.0610. The number of rotatable bonds is 5. The van der Waals surface area contributed by atoms with Crippen molar-refractivity contribution in [1.82, 2.24) is 5.32 Å². The first-order chi connectivity index (χ1) is 10.7. The molecule has 0 amide bonds. The Morgan fingerprint density at radius 2 is 1.74 bits per heavy atom. The van der Waals surface area contributed by atoms with Crippen molar-refractivity contribution in [3.8, 4) is 11.5 Å². The maximum absolute atomic E-state index is 11.8. The van der Waals surface area contributed by atoms with Gasteiger partial charge >= 0.3 is 0 Å². The van der Waals surface area contributed by atoms with Gasteiger partial charge in [-0.2, -0.15) is 0 Å². The molecule has 0 aliphatic carbocycles. The van der Waals surface area contributed by atoms with Crippen molar-refractivity contribution >= 4 is 44.6 Å². The summed E-state index contributed by atoms with van der Waals surface area (Å²) in [5.41, 5.74) is 0.656. The van der Waals surface area contributed by atoms with Gasteiger partial charge in [0.1, 0.15) is 11.5 Å². The molecular formula is C15H14Cl3NO3S. The molecule has 0 spiro atoms. The van der Waals surface area contributed by atoms with Crippen LogP contribution in [0.5, 0.6) is 11.5 Å². The molecule has 2 aromatic rings. The normalized spacial score (nSPS) is 11.5. The van der Waals surface area contributed by atoms with Gasteiger partial charge in [-0.3, -0.25) is 0 Å². The molecule has 0 aliphatic heterocycles. The fourth-order valence-electron chi connectivity index (χ4n) is 1.95. The summed E-state index contributed by atoms with van der Waals surface area (Å²) in [6, 6.07) is 7.83. The molecule has 8 heteroatoms. The molecule has 124 valence electrons. The second kappa shape index (κ2) is 7.28. The summed E-state index contributed by atoms with van der Waals surface area (Å²) in [6.45, 7) is 0.413. The van der Waals surface area contributed by atoms with Gasteiger partial charge in [-0.15, -0.1) is 0 Å². The van der Waals surface area contributed by atoms with Gasteiger partial charge in [0.2, 0.25) is 0 Å². The van der Waals surface area contributed by atoms with Gasteiger partial charge in [0.05, 0.1) is 20.0 Å². The predicted octanol–water partition coefficient (Wildman–Crippen LogP) is 4.56. The van der Waals surface area contributed by atoms with Crippen LogP contribution in [0.25, 0.3) is 0 Å². The van der Waals surface area contributed by atoms with E-state index in [0.717, 1.165) is 6.26 Å². The van der Waals surface area contributed by atoms with Crippen LogP contribution in [0.15, 0.2) is 35.2 Å². The first-order valence-electron chi connectivity index (χ1n) is 6.52. The third-order valence-electron chi connectivity index (χ3n) is 3.00.